The lowest BCUT2D eigenvalue weighted by molar-refractivity contribution is 0.602. The smallest absolute Gasteiger partial charge is 0.0637 e. The van der Waals surface area contributed by atoms with Crippen LogP contribution in [0, 0.1) is 6.92 Å². The third-order valence-corrected chi connectivity index (χ3v) is 3.59. The van der Waals surface area contributed by atoms with Gasteiger partial charge in [-0.2, -0.15) is 0 Å². The monoisotopic (exact) mass is 289 g/mol. The summed E-state index contributed by atoms with van der Waals surface area (Å²) in [6.07, 6.45) is 0. The number of aryl methyl sites for hydroxylation is 1. The van der Waals surface area contributed by atoms with E-state index in [4.69, 9.17) is 5.73 Å². The predicted octanol–water partition coefficient (Wildman–Crippen LogP) is 3.98. The van der Waals surface area contributed by atoms with Gasteiger partial charge in [0.25, 0.3) is 0 Å². The molecule has 1 atom stereocenters. The van der Waals surface area contributed by atoms with Crippen LogP contribution in [0.3, 0.4) is 0 Å². The van der Waals surface area contributed by atoms with Gasteiger partial charge >= 0.3 is 0 Å². The van der Waals surface area contributed by atoms with E-state index < -0.39 is 5.54 Å². The molecule has 2 rings (SSSR count). The molecule has 0 saturated heterocycles. The maximum Gasteiger partial charge on any atom is 0.0637 e. The Kier molecular flexibility index (Phi) is 3.36. The summed E-state index contributed by atoms with van der Waals surface area (Å²) in [5.41, 5.74) is 9.50. The molecular weight excluding hydrogens is 274 g/mol. The van der Waals surface area contributed by atoms with E-state index in [1.807, 2.05) is 19.1 Å². The van der Waals surface area contributed by atoms with Crippen molar-refractivity contribution in [1.29, 1.82) is 0 Å². The van der Waals surface area contributed by atoms with Crippen LogP contribution in [0.2, 0.25) is 0 Å². The van der Waals surface area contributed by atoms with Crippen molar-refractivity contribution in [2.75, 3.05) is 0 Å². The third kappa shape index (κ3) is 2.59. The second kappa shape index (κ2) is 4.63. The molecule has 88 valence electrons. The summed E-state index contributed by atoms with van der Waals surface area (Å²) in [5, 5.41) is 0. The number of hydrogen-bond acceptors (Lipinski definition) is 1. The molecule has 0 bridgehead atoms. The molecule has 0 spiro atoms. The number of nitrogens with two attached hydrogens (primary N) is 1. The molecule has 0 aliphatic rings. The third-order valence-electron chi connectivity index (χ3n) is 3.06. The van der Waals surface area contributed by atoms with E-state index in [0.717, 1.165) is 15.6 Å². The summed E-state index contributed by atoms with van der Waals surface area (Å²) in [7, 11) is 0. The molecule has 0 radical (unpaired) electrons. The molecule has 0 aromatic heterocycles. The van der Waals surface area contributed by atoms with Crippen molar-refractivity contribution in [2.24, 2.45) is 5.73 Å². The number of rotatable bonds is 2. The SMILES string of the molecule is Cc1cccc(C(C)(N)c2ccc(Br)cc2)c1. The van der Waals surface area contributed by atoms with Crippen LogP contribution < -0.4 is 5.73 Å². The highest BCUT2D eigenvalue weighted by atomic mass is 79.9. The van der Waals surface area contributed by atoms with Gasteiger partial charge in [0, 0.05) is 4.47 Å². The van der Waals surface area contributed by atoms with Gasteiger partial charge in [0.15, 0.2) is 0 Å². The van der Waals surface area contributed by atoms with Crippen LogP contribution in [0.1, 0.15) is 23.6 Å². The van der Waals surface area contributed by atoms with Gasteiger partial charge in [0.1, 0.15) is 0 Å². The summed E-state index contributed by atoms with van der Waals surface area (Å²) < 4.78 is 1.07. The Balaban J connectivity index is 2.45. The van der Waals surface area contributed by atoms with Gasteiger partial charge in [-0.15, -0.1) is 0 Å². The molecule has 2 aromatic carbocycles. The Morgan fingerprint density at radius 2 is 1.65 bits per heavy atom. The lowest BCUT2D eigenvalue weighted by Gasteiger charge is -2.26. The van der Waals surface area contributed by atoms with Gasteiger partial charge in [-0.1, -0.05) is 57.9 Å². The van der Waals surface area contributed by atoms with E-state index in [1.165, 1.54) is 5.56 Å². The van der Waals surface area contributed by atoms with E-state index in [2.05, 4.69) is 59.3 Å². The van der Waals surface area contributed by atoms with Crippen LogP contribution in [0.15, 0.2) is 53.0 Å². The van der Waals surface area contributed by atoms with E-state index >= 15 is 0 Å². The zero-order valence-corrected chi connectivity index (χ0v) is 11.7. The number of halogens is 1. The molecule has 1 nitrogen and oxygen atoms in total. The fraction of sp³-hybridized carbons (Fsp3) is 0.200. The maximum absolute atomic E-state index is 6.46. The van der Waals surface area contributed by atoms with E-state index in [-0.39, 0.29) is 0 Å². The standard InChI is InChI=1S/C15H16BrN/c1-11-4-3-5-13(10-11)15(2,17)12-6-8-14(16)9-7-12/h3-10H,17H2,1-2H3. The molecule has 2 N–H and O–H groups in total. The summed E-state index contributed by atoms with van der Waals surface area (Å²) in [4.78, 5) is 0. The molecular formula is C15H16BrN. The molecule has 0 heterocycles. The first-order chi connectivity index (χ1) is 8.00. The van der Waals surface area contributed by atoms with Gasteiger partial charge in [-0.05, 0) is 37.1 Å². The minimum Gasteiger partial charge on any atom is -0.318 e. The molecule has 0 aliphatic carbocycles. The van der Waals surface area contributed by atoms with Crippen molar-refractivity contribution in [2.45, 2.75) is 19.4 Å². The van der Waals surface area contributed by atoms with Crippen molar-refractivity contribution in [3.63, 3.8) is 0 Å². The van der Waals surface area contributed by atoms with Crippen LogP contribution in [-0.2, 0) is 5.54 Å². The highest BCUT2D eigenvalue weighted by molar-refractivity contribution is 9.10. The molecule has 0 saturated carbocycles. The Hall–Kier alpha value is -1.12. The molecule has 2 heteroatoms. The van der Waals surface area contributed by atoms with Crippen LogP contribution in [0.4, 0.5) is 0 Å². The first-order valence-electron chi connectivity index (χ1n) is 5.62. The molecule has 2 aromatic rings. The summed E-state index contributed by atoms with van der Waals surface area (Å²) in [6.45, 7) is 4.13. The number of hydrogen-bond donors (Lipinski definition) is 1. The highest BCUT2D eigenvalue weighted by Gasteiger charge is 2.23. The largest absolute Gasteiger partial charge is 0.318 e. The summed E-state index contributed by atoms with van der Waals surface area (Å²) in [5.74, 6) is 0. The Morgan fingerprint density at radius 3 is 2.24 bits per heavy atom. The second-order valence-corrected chi connectivity index (χ2v) is 5.49. The fourth-order valence-corrected chi connectivity index (χ4v) is 2.20. The van der Waals surface area contributed by atoms with Crippen molar-refractivity contribution >= 4 is 15.9 Å². The van der Waals surface area contributed by atoms with E-state index in [9.17, 15) is 0 Å². The lowest BCUT2D eigenvalue weighted by Crippen LogP contribution is -2.34. The van der Waals surface area contributed by atoms with Crippen molar-refractivity contribution in [3.8, 4) is 0 Å². The zero-order valence-electron chi connectivity index (χ0n) is 10.1. The van der Waals surface area contributed by atoms with Gasteiger partial charge in [-0.3, -0.25) is 0 Å². The van der Waals surface area contributed by atoms with E-state index in [1.54, 1.807) is 0 Å². The topological polar surface area (TPSA) is 26.0 Å². The molecule has 0 fully saturated rings. The maximum atomic E-state index is 6.46. The van der Waals surface area contributed by atoms with Crippen LogP contribution in [0.25, 0.3) is 0 Å². The first kappa shape index (κ1) is 12.3. The van der Waals surface area contributed by atoms with Gasteiger partial charge in [0.05, 0.1) is 5.54 Å². The zero-order chi connectivity index (χ0) is 12.5. The molecule has 17 heavy (non-hydrogen) atoms. The van der Waals surface area contributed by atoms with Gasteiger partial charge < -0.3 is 5.73 Å². The Labute approximate surface area is 111 Å². The van der Waals surface area contributed by atoms with Crippen LogP contribution >= 0.6 is 15.9 Å². The Morgan fingerprint density at radius 1 is 1.00 bits per heavy atom. The average molecular weight is 290 g/mol. The molecule has 0 amide bonds. The number of benzene rings is 2. The summed E-state index contributed by atoms with van der Waals surface area (Å²) in [6, 6.07) is 16.5. The van der Waals surface area contributed by atoms with E-state index in [0.29, 0.717) is 0 Å². The first-order valence-corrected chi connectivity index (χ1v) is 6.41. The Bertz CT molecular complexity index is 515. The average Bonchev–Trinajstić information content (AvgIpc) is 2.29. The quantitative estimate of drug-likeness (QED) is 0.889. The van der Waals surface area contributed by atoms with Crippen LogP contribution in [-0.4, -0.2) is 0 Å². The van der Waals surface area contributed by atoms with Crippen molar-refractivity contribution in [1.82, 2.24) is 0 Å². The molecule has 1 unspecified atom stereocenters. The molecule has 0 aliphatic heterocycles. The van der Waals surface area contributed by atoms with Crippen molar-refractivity contribution in [3.05, 3.63) is 69.7 Å². The fourth-order valence-electron chi connectivity index (χ4n) is 1.93. The second-order valence-electron chi connectivity index (χ2n) is 4.58. The highest BCUT2D eigenvalue weighted by Crippen LogP contribution is 2.27. The minimum atomic E-state index is -0.452. The summed E-state index contributed by atoms with van der Waals surface area (Å²) >= 11 is 3.44. The minimum absolute atomic E-state index is 0.452. The predicted molar refractivity (Wildman–Crippen MR) is 76.0 cm³/mol. The normalized spacial score (nSPS) is 14.4. The van der Waals surface area contributed by atoms with Crippen LogP contribution in [0.5, 0.6) is 0 Å². The van der Waals surface area contributed by atoms with Gasteiger partial charge in [-0.25, -0.2) is 0 Å². The van der Waals surface area contributed by atoms with Gasteiger partial charge in [0.2, 0.25) is 0 Å². The lowest BCUT2D eigenvalue weighted by atomic mass is 9.85. The van der Waals surface area contributed by atoms with Crippen molar-refractivity contribution < 1.29 is 0 Å².